The first-order valence-corrected chi connectivity index (χ1v) is 20.2. The minimum atomic E-state index is -1.34. The number of amides is 3. The van der Waals surface area contributed by atoms with E-state index in [9.17, 15) is 14.4 Å². The fraction of sp³-hybridized carbons (Fsp3) is 0.488. The Morgan fingerprint density at radius 1 is 0.947 bits per heavy atom. The second kappa shape index (κ2) is 16.3. The van der Waals surface area contributed by atoms with E-state index in [0.717, 1.165) is 79.6 Å². The van der Waals surface area contributed by atoms with E-state index in [0.29, 0.717) is 31.0 Å². The number of aromatic nitrogens is 3. The molecule has 16 heteroatoms. The third-order valence-electron chi connectivity index (χ3n) is 11.4. The van der Waals surface area contributed by atoms with E-state index in [1.165, 1.54) is 6.08 Å². The van der Waals surface area contributed by atoms with E-state index in [4.69, 9.17) is 32.3 Å². The number of para-hydroxylation sites is 1. The van der Waals surface area contributed by atoms with Crippen molar-refractivity contribution in [2.75, 3.05) is 37.4 Å². The number of hydrogen-bond acceptors (Lipinski definition) is 10. The highest BCUT2D eigenvalue weighted by molar-refractivity contribution is 6.39. The van der Waals surface area contributed by atoms with Gasteiger partial charge in [-0.25, -0.2) is 4.98 Å². The molecule has 4 fully saturated rings. The van der Waals surface area contributed by atoms with Gasteiger partial charge in [0.1, 0.15) is 17.2 Å². The molecule has 0 atom stereocenters. The van der Waals surface area contributed by atoms with Crippen LogP contribution in [0.3, 0.4) is 0 Å². The van der Waals surface area contributed by atoms with Crippen LogP contribution >= 0.6 is 0 Å². The minimum Gasteiger partial charge on any atom is -0.393 e. The van der Waals surface area contributed by atoms with Crippen molar-refractivity contribution in [3.63, 3.8) is 0 Å². The molecule has 1 saturated heterocycles. The first kappa shape index (κ1) is 40.0. The maximum atomic E-state index is 13.1. The molecule has 7 N–H and O–H groups in total. The minimum absolute atomic E-state index is 0.0245. The molecule has 14 nitrogen and oxygen atoms in total. The molecule has 4 heterocycles. The number of anilines is 2. The van der Waals surface area contributed by atoms with Gasteiger partial charge in [0.15, 0.2) is 0 Å². The molecular weight excluding hydrogens is 716 g/mol. The lowest BCUT2D eigenvalue weighted by Gasteiger charge is -2.44. The molecule has 2 aromatic heterocycles. The molecule has 0 unspecified atom stereocenters. The van der Waals surface area contributed by atoms with Crippen LogP contribution in [0.15, 0.2) is 65.9 Å². The van der Waals surface area contributed by atoms with Gasteiger partial charge in [-0.1, -0.05) is 32.0 Å². The maximum absolute atomic E-state index is 13.1. The third kappa shape index (κ3) is 8.56. The van der Waals surface area contributed by atoms with E-state index in [2.05, 4.69) is 36.6 Å². The highest BCUT2D eigenvalue weighted by atomic mass is 16.2. The number of fused-ring (bicyclic) bond motifs is 3. The highest BCUT2D eigenvalue weighted by Gasteiger charge is 2.37. The van der Waals surface area contributed by atoms with Crippen molar-refractivity contribution in [3.05, 3.63) is 83.0 Å². The molecule has 3 amide bonds. The molecule has 0 bridgehead atoms. The Balaban J connectivity index is 0.00000244. The fourth-order valence-corrected chi connectivity index (χ4v) is 7.61. The molecule has 5 aliphatic rings. The first-order chi connectivity index (χ1) is 27.4. The van der Waals surface area contributed by atoms with Crippen LogP contribution in [-0.4, -0.2) is 97.2 Å². The molecule has 3 aliphatic carbocycles. The Kier molecular flexibility index (Phi) is 11.4. The molecule has 0 spiro atoms. The Morgan fingerprint density at radius 2 is 1.65 bits per heavy atom. The summed E-state index contributed by atoms with van der Waals surface area (Å²) in [4.78, 5) is 49.1. The van der Waals surface area contributed by atoms with Crippen molar-refractivity contribution in [1.82, 2.24) is 35.2 Å². The Labute approximate surface area is 337 Å². The van der Waals surface area contributed by atoms with E-state index in [1.807, 2.05) is 51.2 Å². The van der Waals surface area contributed by atoms with Gasteiger partial charge >= 0.3 is 0 Å². The molecule has 1 aromatic carbocycles. The average molecular weight is 770 g/mol. The third-order valence-corrected chi connectivity index (χ3v) is 11.4. The predicted octanol–water partition coefficient (Wildman–Crippen LogP) is 3.13. The zero-order chi connectivity index (χ0) is 40.6. The second-order valence-corrected chi connectivity index (χ2v) is 15.7. The number of rotatable bonds is 12. The Hall–Kier alpha value is -5.24. The molecule has 57 heavy (non-hydrogen) atoms. The number of nitrogens with zero attached hydrogens (tertiary/aromatic N) is 6. The van der Waals surface area contributed by atoms with Crippen molar-refractivity contribution in [3.8, 4) is 11.1 Å². The van der Waals surface area contributed by atoms with Crippen LogP contribution in [0, 0.1) is 5.92 Å². The molecule has 8 rings (SSSR count). The molecule has 3 saturated carbocycles. The van der Waals surface area contributed by atoms with Crippen molar-refractivity contribution >= 4 is 44.8 Å². The van der Waals surface area contributed by atoms with Crippen molar-refractivity contribution in [2.24, 2.45) is 17.4 Å². The summed E-state index contributed by atoms with van der Waals surface area (Å²) in [5.74, 6) is -0.587. The number of carbonyl (C=O) groups is 3. The number of piperidine rings is 1. The average Bonchev–Trinajstić information content (AvgIpc) is 4.08. The zero-order valence-electron chi connectivity index (χ0n) is 33.4. The van der Waals surface area contributed by atoms with Gasteiger partial charge in [0.25, 0.3) is 11.8 Å². The maximum Gasteiger partial charge on any atom is 0.272 e. The van der Waals surface area contributed by atoms with Crippen LogP contribution in [-0.2, 0) is 21.5 Å². The first-order valence-electron chi connectivity index (χ1n) is 20.2. The van der Waals surface area contributed by atoms with Gasteiger partial charge in [-0.15, -0.1) is 0 Å². The SMILES string of the molecule is CC.[B]C([B])(c1cccc(C(=O)N(C)C2CC2)n1)N1CCC(n2ncc3c2CN(C)c2c(NC(/C=C(\N)NC(=O)C4CC4)=C(/N)C(=O)NC4CC4)cccc2-3)CC1. The van der Waals surface area contributed by atoms with Gasteiger partial charge in [-0.05, 0) is 88.0 Å². The van der Waals surface area contributed by atoms with Crippen LogP contribution < -0.4 is 32.3 Å². The monoisotopic (exact) mass is 769 g/mol. The number of carbonyl (C=O) groups excluding carboxylic acids is 3. The van der Waals surface area contributed by atoms with Crippen LogP contribution in [0.5, 0.6) is 0 Å². The van der Waals surface area contributed by atoms with E-state index < -0.39 is 11.2 Å². The summed E-state index contributed by atoms with van der Waals surface area (Å²) in [7, 11) is 17.4. The molecule has 3 aromatic rings. The molecule has 296 valence electrons. The largest absolute Gasteiger partial charge is 0.393 e. The fourth-order valence-electron chi connectivity index (χ4n) is 7.61. The van der Waals surface area contributed by atoms with Crippen LogP contribution in [0.2, 0.25) is 0 Å². The lowest BCUT2D eigenvalue weighted by Crippen LogP contribution is -2.51. The predicted molar refractivity (Wildman–Crippen MR) is 223 cm³/mol. The number of allylic oxidation sites excluding steroid dienone is 1. The smallest absolute Gasteiger partial charge is 0.272 e. The lowest BCUT2D eigenvalue weighted by molar-refractivity contribution is -0.121. The van der Waals surface area contributed by atoms with Crippen molar-refractivity contribution in [1.29, 1.82) is 0 Å². The zero-order valence-corrected chi connectivity index (χ0v) is 33.4. The van der Waals surface area contributed by atoms with E-state index in [-0.39, 0.29) is 53.1 Å². The highest BCUT2D eigenvalue weighted by Crippen LogP contribution is 2.45. The molecular formula is C41H53B2N11O3. The van der Waals surface area contributed by atoms with E-state index >= 15 is 0 Å². The summed E-state index contributed by atoms with van der Waals surface area (Å²) >= 11 is 0. The van der Waals surface area contributed by atoms with Crippen LogP contribution in [0.1, 0.15) is 93.1 Å². The lowest BCUT2D eigenvalue weighted by atomic mass is 9.58. The summed E-state index contributed by atoms with van der Waals surface area (Å²) in [6, 6.07) is 11.7. The van der Waals surface area contributed by atoms with Gasteiger partial charge in [-0.3, -0.25) is 19.1 Å². The van der Waals surface area contributed by atoms with Gasteiger partial charge in [-0.2, -0.15) is 5.10 Å². The van der Waals surface area contributed by atoms with Gasteiger partial charge in [0.2, 0.25) is 5.91 Å². The number of benzene rings is 1. The number of pyridine rings is 1. The summed E-state index contributed by atoms with van der Waals surface area (Å²) in [5, 5.41) is 12.6. The van der Waals surface area contributed by atoms with Crippen LogP contribution in [0.4, 0.5) is 11.4 Å². The van der Waals surface area contributed by atoms with Gasteiger partial charge < -0.3 is 42.1 Å². The number of nitrogens with two attached hydrogens (primary N) is 2. The Morgan fingerprint density at radius 3 is 2.32 bits per heavy atom. The normalized spacial score (nSPS) is 18.9. The van der Waals surface area contributed by atoms with E-state index in [1.54, 1.807) is 23.1 Å². The number of hydrogen-bond donors (Lipinski definition) is 5. The van der Waals surface area contributed by atoms with Crippen molar-refractivity contribution < 1.29 is 14.4 Å². The second-order valence-electron chi connectivity index (χ2n) is 15.7. The molecule has 2 aliphatic heterocycles. The van der Waals surface area contributed by atoms with Crippen molar-refractivity contribution in [2.45, 2.75) is 95.2 Å². The van der Waals surface area contributed by atoms with Crippen LogP contribution in [0.25, 0.3) is 11.1 Å². The number of nitrogens with one attached hydrogen (secondary N) is 3. The summed E-state index contributed by atoms with van der Waals surface area (Å²) in [6.45, 7) is 5.83. The summed E-state index contributed by atoms with van der Waals surface area (Å²) in [6.07, 6.45) is 10.5. The Bertz CT molecular complexity index is 2080. The molecule has 4 radical (unpaired) electrons. The summed E-state index contributed by atoms with van der Waals surface area (Å²) < 4.78 is 2.13. The van der Waals surface area contributed by atoms with Gasteiger partial charge in [0, 0.05) is 55.0 Å². The number of likely N-dealkylation sites (tertiary alicyclic amines) is 1. The standard InChI is InChI=1S/C39H47B2N11O3.C2H6/c1-49-21-31-27(20-44-52(31)25-15-17-51(18-16-25)39(40,41)32-8-4-7-29(47-32)38(55)50(2)24-13-14-24)26-5-3-6-28(35(26)49)46-30(34(43)37(54)45-23-11-12-23)19-33(42)48-36(53)22-9-10-22;1-2/h3-8,19-20,22-25,46H,9-18,21,42-43H2,1-2H3,(H,45,54)(H,48,53);1-2H3/b33-19+,34-30+;. The quantitative estimate of drug-likeness (QED) is 0.104. The topological polar surface area (TPSA) is 180 Å². The van der Waals surface area contributed by atoms with Gasteiger partial charge in [0.05, 0.1) is 57.2 Å². The summed E-state index contributed by atoms with van der Waals surface area (Å²) in [5.41, 5.74) is 18.5.